The summed E-state index contributed by atoms with van der Waals surface area (Å²) in [7, 11) is 3.98. The summed E-state index contributed by atoms with van der Waals surface area (Å²) in [5.41, 5.74) is 3.51. The topological polar surface area (TPSA) is 60.0 Å². The molecule has 1 aliphatic rings. The van der Waals surface area contributed by atoms with Crippen LogP contribution >= 0.6 is 0 Å². The minimum absolute atomic E-state index is 0.0755. The summed E-state index contributed by atoms with van der Waals surface area (Å²) in [6, 6.07) is 11.9. The van der Waals surface area contributed by atoms with Crippen LogP contribution in [0.15, 0.2) is 65.2 Å². The molecule has 0 spiro atoms. The smallest absolute Gasteiger partial charge is 0.137 e. The molecule has 4 nitrogen and oxygen atoms in total. The highest BCUT2D eigenvalue weighted by molar-refractivity contribution is 5.64. The molecular weight excluding hydrogens is 286 g/mol. The maximum Gasteiger partial charge on any atom is 0.137 e. The van der Waals surface area contributed by atoms with E-state index >= 15 is 0 Å². The van der Waals surface area contributed by atoms with E-state index in [0.29, 0.717) is 16.9 Å². The van der Waals surface area contributed by atoms with Gasteiger partial charge in [0, 0.05) is 30.9 Å². The van der Waals surface area contributed by atoms with Crippen molar-refractivity contribution >= 4 is 11.8 Å². The molecule has 0 radical (unpaired) electrons. The van der Waals surface area contributed by atoms with Crippen LogP contribution in [0.3, 0.4) is 0 Å². The summed E-state index contributed by atoms with van der Waals surface area (Å²) in [5, 5.41) is 18.2. The number of anilines is 1. The minimum atomic E-state index is 0.0755. The Morgan fingerprint density at radius 2 is 1.74 bits per heavy atom. The number of benzene rings is 1. The first kappa shape index (κ1) is 16.1. The van der Waals surface area contributed by atoms with E-state index in [4.69, 9.17) is 15.3 Å². The third-order valence-electron chi connectivity index (χ3n) is 3.39. The minimum Gasteiger partial charge on any atom is -0.469 e. The fourth-order valence-corrected chi connectivity index (χ4v) is 2.10. The van der Waals surface area contributed by atoms with Gasteiger partial charge in [-0.3, -0.25) is 0 Å². The third-order valence-corrected chi connectivity index (χ3v) is 3.39. The Hall–Kier alpha value is -3.24. The Kier molecular flexibility index (Phi) is 5.02. The molecule has 1 aromatic carbocycles. The van der Waals surface area contributed by atoms with Crippen LogP contribution in [0, 0.1) is 22.7 Å². The highest BCUT2D eigenvalue weighted by atomic mass is 16.5. The quantitative estimate of drug-likeness (QED) is 0.794. The van der Waals surface area contributed by atoms with Crippen molar-refractivity contribution in [2.24, 2.45) is 0 Å². The maximum absolute atomic E-state index is 9.09. The molecule has 0 atom stereocenters. The van der Waals surface area contributed by atoms with Gasteiger partial charge in [0.15, 0.2) is 0 Å². The van der Waals surface area contributed by atoms with Crippen molar-refractivity contribution in [2.75, 3.05) is 19.0 Å². The first-order valence-electron chi connectivity index (χ1n) is 7.10. The SMILES string of the molecule is CC1=CC(=C(C#N)C#N)C(/C=C/c2ccc(N(C)C)cc2)=CO1. The lowest BCUT2D eigenvalue weighted by Gasteiger charge is -2.13. The summed E-state index contributed by atoms with van der Waals surface area (Å²) in [4.78, 5) is 2.03. The van der Waals surface area contributed by atoms with Crippen molar-refractivity contribution in [3.8, 4) is 12.1 Å². The molecule has 2 rings (SSSR count). The summed E-state index contributed by atoms with van der Waals surface area (Å²) < 4.78 is 5.39. The Morgan fingerprint density at radius 3 is 2.30 bits per heavy atom. The van der Waals surface area contributed by atoms with Crippen LogP contribution in [0.1, 0.15) is 12.5 Å². The van der Waals surface area contributed by atoms with Crippen LogP contribution in [0.25, 0.3) is 6.08 Å². The van der Waals surface area contributed by atoms with Gasteiger partial charge in [-0.2, -0.15) is 10.5 Å². The van der Waals surface area contributed by atoms with Gasteiger partial charge in [0.05, 0.1) is 6.26 Å². The third kappa shape index (κ3) is 3.90. The largest absolute Gasteiger partial charge is 0.469 e. The normalized spacial score (nSPS) is 13.5. The van der Waals surface area contributed by atoms with Crippen LogP contribution in [-0.4, -0.2) is 14.1 Å². The van der Waals surface area contributed by atoms with Crippen LogP contribution in [-0.2, 0) is 4.74 Å². The van der Waals surface area contributed by atoms with Gasteiger partial charge in [-0.15, -0.1) is 0 Å². The summed E-state index contributed by atoms with van der Waals surface area (Å²) in [6.07, 6.45) is 7.04. The monoisotopic (exact) mass is 303 g/mol. The average Bonchev–Trinajstić information content (AvgIpc) is 2.55. The van der Waals surface area contributed by atoms with E-state index in [1.807, 2.05) is 67.6 Å². The van der Waals surface area contributed by atoms with Gasteiger partial charge in [-0.05, 0) is 30.7 Å². The second-order valence-corrected chi connectivity index (χ2v) is 5.28. The van der Waals surface area contributed by atoms with Gasteiger partial charge in [-0.25, -0.2) is 0 Å². The molecule has 0 saturated carbocycles. The molecule has 1 aromatic rings. The number of allylic oxidation sites excluding steroid dienone is 6. The van der Waals surface area contributed by atoms with Crippen molar-refractivity contribution in [1.82, 2.24) is 0 Å². The lowest BCUT2D eigenvalue weighted by Crippen LogP contribution is -2.07. The van der Waals surface area contributed by atoms with Gasteiger partial charge >= 0.3 is 0 Å². The van der Waals surface area contributed by atoms with Crippen LogP contribution in [0.2, 0.25) is 0 Å². The van der Waals surface area contributed by atoms with Gasteiger partial charge < -0.3 is 9.64 Å². The van der Waals surface area contributed by atoms with E-state index < -0.39 is 0 Å². The maximum atomic E-state index is 9.09. The number of hydrogen-bond donors (Lipinski definition) is 0. The van der Waals surface area contributed by atoms with Crippen molar-refractivity contribution < 1.29 is 4.74 Å². The van der Waals surface area contributed by atoms with Gasteiger partial charge in [0.25, 0.3) is 0 Å². The van der Waals surface area contributed by atoms with Crippen molar-refractivity contribution in [3.05, 3.63) is 70.7 Å². The summed E-state index contributed by atoms with van der Waals surface area (Å²) >= 11 is 0. The highest BCUT2D eigenvalue weighted by Crippen LogP contribution is 2.25. The van der Waals surface area contributed by atoms with Crippen LogP contribution in [0.5, 0.6) is 0 Å². The van der Waals surface area contributed by atoms with Gasteiger partial charge in [-0.1, -0.05) is 24.3 Å². The highest BCUT2D eigenvalue weighted by Gasteiger charge is 2.13. The molecule has 1 aliphatic heterocycles. The average molecular weight is 303 g/mol. The molecule has 0 aliphatic carbocycles. The zero-order chi connectivity index (χ0) is 16.8. The molecule has 0 aromatic heterocycles. The number of ether oxygens (including phenoxy) is 1. The molecule has 0 fully saturated rings. The molecule has 114 valence electrons. The number of nitriles is 2. The van der Waals surface area contributed by atoms with Crippen molar-refractivity contribution in [3.63, 3.8) is 0 Å². The van der Waals surface area contributed by atoms with E-state index in [9.17, 15) is 0 Å². The predicted molar refractivity (Wildman–Crippen MR) is 91.0 cm³/mol. The molecule has 0 N–H and O–H groups in total. The second-order valence-electron chi connectivity index (χ2n) is 5.28. The Bertz CT molecular complexity index is 779. The van der Waals surface area contributed by atoms with E-state index in [0.717, 1.165) is 11.3 Å². The fourth-order valence-electron chi connectivity index (χ4n) is 2.10. The first-order chi connectivity index (χ1) is 11.0. The molecule has 0 unspecified atom stereocenters. The van der Waals surface area contributed by atoms with E-state index in [2.05, 4.69) is 0 Å². The summed E-state index contributed by atoms with van der Waals surface area (Å²) in [6.45, 7) is 1.78. The fraction of sp³-hybridized carbons (Fsp3) is 0.158. The van der Waals surface area contributed by atoms with E-state index in [-0.39, 0.29) is 5.57 Å². The Balaban J connectivity index is 2.29. The molecule has 23 heavy (non-hydrogen) atoms. The molecule has 4 heteroatoms. The van der Waals surface area contributed by atoms with Gasteiger partial charge in [0.1, 0.15) is 23.5 Å². The second kappa shape index (κ2) is 7.15. The Morgan fingerprint density at radius 1 is 1.09 bits per heavy atom. The predicted octanol–water partition coefficient (Wildman–Crippen LogP) is 3.93. The molecule has 1 heterocycles. The number of nitrogens with zero attached hydrogens (tertiary/aromatic N) is 3. The van der Waals surface area contributed by atoms with Gasteiger partial charge in [0.2, 0.25) is 0 Å². The molecule has 0 saturated heterocycles. The number of hydrogen-bond acceptors (Lipinski definition) is 4. The summed E-state index contributed by atoms with van der Waals surface area (Å²) in [5.74, 6) is 0.649. The standard InChI is InChI=1S/C19H17N3O/c1-14-10-19(17(11-20)12-21)16(13-23-14)7-4-15-5-8-18(9-6-15)22(2)3/h4-10,13H,1-3H3/b7-4+. The van der Waals surface area contributed by atoms with Crippen molar-refractivity contribution in [1.29, 1.82) is 10.5 Å². The van der Waals surface area contributed by atoms with Crippen LogP contribution < -0.4 is 4.90 Å². The zero-order valence-electron chi connectivity index (χ0n) is 13.4. The lowest BCUT2D eigenvalue weighted by atomic mass is 9.98. The van der Waals surface area contributed by atoms with E-state index in [1.165, 1.54) is 0 Å². The Labute approximate surface area is 136 Å². The molecule has 0 bridgehead atoms. The zero-order valence-corrected chi connectivity index (χ0v) is 13.4. The lowest BCUT2D eigenvalue weighted by molar-refractivity contribution is 0.346. The van der Waals surface area contributed by atoms with E-state index in [1.54, 1.807) is 19.3 Å². The molecular formula is C19H17N3O. The molecule has 0 amide bonds. The van der Waals surface area contributed by atoms with Crippen molar-refractivity contribution in [2.45, 2.75) is 6.92 Å². The van der Waals surface area contributed by atoms with Crippen LogP contribution in [0.4, 0.5) is 5.69 Å². The first-order valence-corrected chi connectivity index (χ1v) is 7.10. The number of rotatable bonds is 3.